The van der Waals surface area contributed by atoms with Crippen molar-refractivity contribution in [2.24, 2.45) is 5.73 Å². The number of benzene rings is 2. The summed E-state index contributed by atoms with van der Waals surface area (Å²) in [4.78, 5) is 0. The van der Waals surface area contributed by atoms with Crippen molar-refractivity contribution in [3.63, 3.8) is 0 Å². The molecule has 0 spiro atoms. The van der Waals surface area contributed by atoms with Crippen molar-refractivity contribution < 1.29 is 9.13 Å². The van der Waals surface area contributed by atoms with Crippen LogP contribution in [0.4, 0.5) is 4.39 Å². The second-order valence-electron chi connectivity index (χ2n) is 3.82. The summed E-state index contributed by atoms with van der Waals surface area (Å²) >= 11 is 2.21. The smallest absolute Gasteiger partial charge is 0.166 e. The molecule has 0 heterocycles. The van der Waals surface area contributed by atoms with Crippen LogP contribution in [0.1, 0.15) is 5.56 Å². The molecule has 2 rings (SSSR count). The quantitative estimate of drug-likeness (QED) is 0.847. The number of hydrogen-bond donors (Lipinski definition) is 1. The molecule has 0 saturated carbocycles. The van der Waals surface area contributed by atoms with Gasteiger partial charge in [-0.2, -0.15) is 0 Å². The van der Waals surface area contributed by atoms with Crippen LogP contribution in [0.15, 0.2) is 42.5 Å². The molecule has 0 amide bonds. The molecule has 2 nitrogen and oxygen atoms in total. The fourth-order valence-corrected chi connectivity index (χ4v) is 2.00. The third kappa shape index (κ3) is 3.20. The zero-order chi connectivity index (χ0) is 13.0. The summed E-state index contributed by atoms with van der Waals surface area (Å²) in [7, 11) is 0. The van der Waals surface area contributed by atoms with E-state index >= 15 is 0 Å². The standard InChI is InChI=1S/C14H13FINO/c15-13-3-1-2-10(8-9-17)14(13)18-12-6-4-11(16)5-7-12/h1-7H,8-9,17H2. The maximum absolute atomic E-state index is 13.8. The summed E-state index contributed by atoms with van der Waals surface area (Å²) in [5.74, 6) is 0.530. The second-order valence-corrected chi connectivity index (χ2v) is 5.07. The van der Waals surface area contributed by atoms with Crippen molar-refractivity contribution in [1.29, 1.82) is 0 Å². The fourth-order valence-electron chi connectivity index (χ4n) is 1.64. The maximum atomic E-state index is 13.8. The number of hydrogen-bond acceptors (Lipinski definition) is 2. The van der Waals surface area contributed by atoms with Crippen molar-refractivity contribution in [2.75, 3.05) is 6.54 Å². The van der Waals surface area contributed by atoms with E-state index < -0.39 is 0 Å². The van der Waals surface area contributed by atoms with Crippen molar-refractivity contribution in [1.82, 2.24) is 0 Å². The summed E-state index contributed by atoms with van der Waals surface area (Å²) < 4.78 is 20.5. The van der Waals surface area contributed by atoms with Crippen LogP contribution >= 0.6 is 22.6 Å². The summed E-state index contributed by atoms with van der Waals surface area (Å²) in [6, 6.07) is 12.4. The minimum absolute atomic E-state index is 0.268. The van der Waals surface area contributed by atoms with Gasteiger partial charge in [0.15, 0.2) is 11.6 Å². The zero-order valence-corrected chi connectivity index (χ0v) is 11.9. The highest BCUT2D eigenvalue weighted by Gasteiger charge is 2.10. The molecule has 18 heavy (non-hydrogen) atoms. The van der Waals surface area contributed by atoms with Crippen molar-refractivity contribution >= 4 is 22.6 Å². The predicted octanol–water partition coefficient (Wildman–Crippen LogP) is 3.72. The fraction of sp³-hybridized carbons (Fsp3) is 0.143. The Morgan fingerprint density at radius 3 is 2.50 bits per heavy atom. The molecule has 2 aromatic carbocycles. The van der Waals surface area contributed by atoms with E-state index in [-0.39, 0.29) is 11.6 Å². The third-order valence-corrected chi connectivity index (χ3v) is 3.21. The van der Waals surface area contributed by atoms with E-state index in [1.807, 2.05) is 30.3 Å². The SMILES string of the molecule is NCCc1cccc(F)c1Oc1ccc(I)cc1. The first-order valence-electron chi connectivity index (χ1n) is 5.61. The van der Waals surface area contributed by atoms with Crippen LogP contribution in [0.5, 0.6) is 11.5 Å². The van der Waals surface area contributed by atoms with Crippen LogP contribution < -0.4 is 10.5 Å². The number of halogens is 2. The number of rotatable bonds is 4. The molecule has 4 heteroatoms. The van der Waals surface area contributed by atoms with Crippen molar-refractivity contribution in [2.45, 2.75) is 6.42 Å². The lowest BCUT2D eigenvalue weighted by Crippen LogP contribution is -2.05. The molecule has 0 radical (unpaired) electrons. The molecule has 0 saturated heterocycles. The van der Waals surface area contributed by atoms with Crippen molar-refractivity contribution in [3.8, 4) is 11.5 Å². The Kier molecular flexibility index (Phi) is 4.54. The van der Waals surface area contributed by atoms with Gasteiger partial charge >= 0.3 is 0 Å². The van der Waals surface area contributed by atoms with Crippen LogP contribution in [0.2, 0.25) is 0 Å². The number of ether oxygens (including phenoxy) is 1. The Morgan fingerprint density at radius 1 is 1.11 bits per heavy atom. The molecule has 0 aliphatic rings. The molecule has 0 unspecified atom stereocenters. The van der Waals surface area contributed by atoms with Gasteiger partial charge in [0.25, 0.3) is 0 Å². The van der Waals surface area contributed by atoms with Gasteiger partial charge in [-0.15, -0.1) is 0 Å². The first-order chi connectivity index (χ1) is 8.70. The molecule has 0 aromatic heterocycles. The minimum atomic E-state index is -0.362. The molecular weight excluding hydrogens is 344 g/mol. The molecular formula is C14H13FINO. The Morgan fingerprint density at radius 2 is 1.83 bits per heavy atom. The molecule has 94 valence electrons. The average Bonchev–Trinajstić information content (AvgIpc) is 2.36. The molecule has 0 aliphatic carbocycles. The van der Waals surface area contributed by atoms with Crippen molar-refractivity contribution in [3.05, 3.63) is 57.4 Å². The Hall–Kier alpha value is -1.14. The predicted molar refractivity (Wildman–Crippen MR) is 78.4 cm³/mol. The maximum Gasteiger partial charge on any atom is 0.166 e. The largest absolute Gasteiger partial charge is 0.454 e. The minimum Gasteiger partial charge on any atom is -0.454 e. The van der Waals surface area contributed by atoms with Gasteiger partial charge in [0.2, 0.25) is 0 Å². The lowest BCUT2D eigenvalue weighted by atomic mass is 10.1. The molecule has 2 N–H and O–H groups in total. The average molecular weight is 357 g/mol. The molecule has 2 aromatic rings. The normalized spacial score (nSPS) is 10.4. The van der Waals surface area contributed by atoms with E-state index in [1.54, 1.807) is 6.07 Å². The third-order valence-electron chi connectivity index (χ3n) is 2.50. The van der Waals surface area contributed by atoms with Crippen LogP contribution in [0.25, 0.3) is 0 Å². The van der Waals surface area contributed by atoms with Crippen LogP contribution in [0.3, 0.4) is 0 Å². The second kappa shape index (κ2) is 6.15. The monoisotopic (exact) mass is 357 g/mol. The van der Waals surface area contributed by atoms with Gasteiger partial charge in [-0.25, -0.2) is 4.39 Å². The Labute approximate surface area is 119 Å². The molecule has 0 atom stereocenters. The van der Waals surface area contributed by atoms with Gasteiger partial charge in [0.05, 0.1) is 0 Å². The molecule has 0 aliphatic heterocycles. The summed E-state index contributed by atoms with van der Waals surface area (Å²) in [5, 5.41) is 0. The lowest BCUT2D eigenvalue weighted by molar-refractivity contribution is 0.436. The first kappa shape index (κ1) is 13.3. The van der Waals surface area contributed by atoms with Gasteiger partial charge in [0.1, 0.15) is 5.75 Å². The highest BCUT2D eigenvalue weighted by atomic mass is 127. The highest BCUT2D eigenvalue weighted by Crippen LogP contribution is 2.29. The van der Waals surface area contributed by atoms with Crippen LogP contribution in [0, 0.1) is 9.39 Å². The van der Waals surface area contributed by atoms with Crippen LogP contribution in [-0.2, 0) is 6.42 Å². The molecule has 0 bridgehead atoms. The first-order valence-corrected chi connectivity index (χ1v) is 6.69. The van der Waals surface area contributed by atoms with E-state index in [0.717, 1.165) is 9.13 Å². The van der Waals surface area contributed by atoms with Gasteiger partial charge in [-0.3, -0.25) is 0 Å². The van der Waals surface area contributed by atoms with Gasteiger partial charge < -0.3 is 10.5 Å². The number of nitrogens with two attached hydrogens (primary N) is 1. The highest BCUT2D eigenvalue weighted by molar-refractivity contribution is 14.1. The summed E-state index contributed by atoms with van der Waals surface area (Å²) in [6.45, 7) is 0.465. The number of para-hydroxylation sites is 1. The van der Waals surface area contributed by atoms with E-state index in [4.69, 9.17) is 10.5 Å². The van der Waals surface area contributed by atoms with E-state index in [1.165, 1.54) is 6.07 Å². The van der Waals surface area contributed by atoms with Gasteiger partial charge in [0, 0.05) is 3.57 Å². The zero-order valence-electron chi connectivity index (χ0n) is 9.70. The summed E-state index contributed by atoms with van der Waals surface area (Å²) in [5.41, 5.74) is 6.30. The molecule has 0 fully saturated rings. The Bertz CT molecular complexity index is 528. The Balaban J connectivity index is 2.30. The van der Waals surface area contributed by atoms with Crippen LogP contribution in [-0.4, -0.2) is 6.54 Å². The van der Waals surface area contributed by atoms with E-state index in [9.17, 15) is 4.39 Å². The van der Waals surface area contributed by atoms with E-state index in [2.05, 4.69) is 22.6 Å². The summed E-state index contributed by atoms with van der Waals surface area (Å²) in [6.07, 6.45) is 0.595. The lowest BCUT2D eigenvalue weighted by Gasteiger charge is -2.11. The van der Waals surface area contributed by atoms with Gasteiger partial charge in [-0.1, -0.05) is 12.1 Å². The topological polar surface area (TPSA) is 35.2 Å². The van der Waals surface area contributed by atoms with Gasteiger partial charge in [-0.05, 0) is 71.5 Å². The van der Waals surface area contributed by atoms with E-state index in [0.29, 0.717) is 18.7 Å².